The number of ether oxygens (including phenoxy) is 1. The van der Waals surface area contributed by atoms with Crippen molar-refractivity contribution in [1.82, 2.24) is 25.1 Å². The number of aryl methyl sites for hydroxylation is 1. The normalized spacial score (nSPS) is 11.6. The molecule has 2 rings (SSSR count). The lowest BCUT2D eigenvalue weighted by atomic mass is 10.1. The standard InChI is InChI=1S/C13H19N5O/c1-13(2,3)15-8-10-6-5-7-11(16-10)19-12-14-9-18(4)17-12/h5-7,9,15H,8H2,1-4H3. The first-order chi connectivity index (χ1) is 8.92. The van der Waals surface area contributed by atoms with Gasteiger partial charge in [0.2, 0.25) is 5.88 Å². The number of hydrogen-bond acceptors (Lipinski definition) is 5. The fourth-order valence-corrected chi connectivity index (χ4v) is 1.43. The van der Waals surface area contributed by atoms with E-state index in [1.54, 1.807) is 24.1 Å². The molecular weight excluding hydrogens is 242 g/mol. The van der Waals surface area contributed by atoms with Crippen LogP contribution in [0.4, 0.5) is 0 Å². The van der Waals surface area contributed by atoms with Crippen LogP contribution in [0, 0.1) is 0 Å². The molecule has 0 atom stereocenters. The van der Waals surface area contributed by atoms with E-state index in [-0.39, 0.29) is 5.54 Å². The molecule has 0 amide bonds. The van der Waals surface area contributed by atoms with E-state index in [0.717, 1.165) is 5.69 Å². The minimum absolute atomic E-state index is 0.0566. The van der Waals surface area contributed by atoms with E-state index in [0.29, 0.717) is 18.4 Å². The molecule has 6 heteroatoms. The minimum atomic E-state index is 0.0566. The summed E-state index contributed by atoms with van der Waals surface area (Å²) in [4.78, 5) is 8.41. The third-order valence-corrected chi connectivity index (χ3v) is 2.36. The molecule has 0 aliphatic carbocycles. The van der Waals surface area contributed by atoms with Gasteiger partial charge in [0, 0.05) is 25.2 Å². The Hall–Kier alpha value is -1.95. The Morgan fingerprint density at radius 2 is 2.11 bits per heavy atom. The quantitative estimate of drug-likeness (QED) is 0.910. The molecule has 0 fully saturated rings. The maximum atomic E-state index is 5.49. The van der Waals surface area contributed by atoms with Crippen LogP contribution < -0.4 is 10.1 Å². The highest BCUT2D eigenvalue weighted by Gasteiger charge is 2.09. The number of hydrogen-bond donors (Lipinski definition) is 1. The van der Waals surface area contributed by atoms with Crippen molar-refractivity contribution < 1.29 is 4.74 Å². The van der Waals surface area contributed by atoms with Crippen LogP contribution in [0.15, 0.2) is 24.5 Å². The van der Waals surface area contributed by atoms with Gasteiger partial charge in [-0.3, -0.25) is 4.68 Å². The second-order valence-electron chi connectivity index (χ2n) is 5.37. The summed E-state index contributed by atoms with van der Waals surface area (Å²) in [5.41, 5.74) is 0.976. The van der Waals surface area contributed by atoms with Crippen molar-refractivity contribution in [2.45, 2.75) is 32.9 Å². The summed E-state index contributed by atoms with van der Waals surface area (Å²) < 4.78 is 7.07. The van der Waals surface area contributed by atoms with E-state index in [1.165, 1.54) is 0 Å². The molecule has 0 aliphatic heterocycles. The monoisotopic (exact) mass is 261 g/mol. The minimum Gasteiger partial charge on any atom is -0.404 e. The average Bonchev–Trinajstić information content (AvgIpc) is 2.72. The third-order valence-electron chi connectivity index (χ3n) is 2.36. The average molecular weight is 261 g/mol. The van der Waals surface area contributed by atoms with Crippen molar-refractivity contribution in [2.24, 2.45) is 7.05 Å². The van der Waals surface area contributed by atoms with E-state index >= 15 is 0 Å². The van der Waals surface area contributed by atoms with Crippen LogP contribution in [-0.4, -0.2) is 25.3 Å². The second kappa shape index (κ2) is 5.36. The van der Waals surface area contributed by atoms with Crippen molar-refractivity contribution in [2.75, 3.05) is 0 Å². The Morgan fingerprint density at radius 3 is 2.74 bits per heavy atom. The van der Waals surface area contributed by atoms with Crippen LogP contribution in [0.2, 0.25) is 0 Å². The van der Waals surface area contributed by atoms with Gasteiger partial charge >= 0.3 is 6.01 Å². The Labute approximate surface area is 112 Å². The van der Waals surface area contributed by atoms with E-state index in [4.69, 9.17) is 4.74 Å². The summed E-state index contributed by atoms with van der Waals surface area (Å²) in [7, 11) is 1.79. The molecule has 0 radical (unpaired) electrons. The van der Waals surface area contributed by atoms with E-state index in [9.17, 15) is 0 Å². The molecular formula is C13H19N5O. The molecule has 1 N–H and O–H groups in total. The van der Waals surface area contributed by atoms with Crippen LogP contribution in [0.3, 0.4) is 0 Å². The number of aromatic nitrogens is 4. The molecule has 0 bridgehead atoms. The molecule has 0 aliphatic rings. The molecule has 2 aromatic heterocycles. The highest BCUT2D eigenvalue weighted by Crippen LogP contribution is 2.14. The van der Waals surface area contributed by atoms with Crippen LogP contribution in [-0.2, 0) is 13.6 Å². The van der Waals surface area contributed by atoms with Gasteiger partial charge in [-0.2, -0.15) is 4.98 Å². The first-order valence-electron chi connectivity index (χ1n) is 6.17. The van der Waals surface area contributed by atoms with Crippen molar-refractivity contribution in [3.63, 3.8) is 0 Å². The van der Waals surface area contributed by atoms with Crippen molar-refractivity contribution in [3.05, 3.63) is 30.2 Å². The molecule has 102 valence electrons. The molecule has 2 aromatic rings. The van der Waals surface area contributed by atoms with E-state index in [2.05, 4.69) is 41.2 Å². The maximum Gasteiger partial charge on any atom is 0.342 e. The van der Waals surface area contributed by atoms with Gasteiger partial charge in [-0.25, -0.2) is 4.98 Å². The van der Waals surface area contributed by atoms with Gasteiger partial charge < -0.3 is 10.1 Å². The highest BCUT2D eigenvalue weighted by atomic mass is 16.5. The zero-order valence-electron chi connectivity index (χ0n) is 11.7. The van der Waals surface area contributed by atoms with Crippen LogP contribution in [0.5, 0.6) is 11.9 Å². The molecule has 0 aromatic carbocycles. The van der Waals surface area contributed by atoms with Crippen molar-refractivity contribution in [3.8, 4) is 11.9 Å². The Morgan fingerprint density at radius 1 is 1.32 bits per heavy atom. The van der Waals surface area contributed by atoms with E-state index in [1.807, 2.05) is 12.1 Å². The molecule has 0 saturated carbocycles. The smallest absolute Gasteiger partial charge is 0.342 e. The summed E-state index contributed by atoms with van der Waals surface area (Å²) in [5, 5.41) is 7.43. The van der Waals surface area contributed by atoms with Crippen molar-refractivity contribution >= 4 is 0 Å². The highest BCUT2D eigenvalue weighted by molar-refractivity contribution is 5.18. The summed E-state index contributed by atoms with van der Waals surface area (Å²) in [6.07, 6.45) is 1.58. The van der Waals surface area contributed by atoms with Gasteiger partial charge in [0.1, 0.15) is 6.33 Å². The molecule has 0 unspecified atom stereocenters. The van der Waals surface area contributed by atoms with E-state index < -0.39 is 0 Å². The maximum absolute atomic E-state index is 5.49. The number of nitrogens with one attached hydrogen (secondary N) is 1. The van der Waals surface area contributed by atoms with Gasteiger partial charge in [0.25, 0.3) is 0 Å². The SMILES string of the molecule is Cn1cnc(Oc2cccc(CNC(C)(C)C)n2)n1. The molecule has 19 heavy (non-hydrogen) atoms. The van der Waals surface area contributed by atoms with Gasteiger partial charge in [0.15, 0.2) is 0 Å². The Bertz CT molecular complexity index is 544. The summed E-state index contributed by atoms with van der Waals surface area (Å²) in [6.45, 7) is 7.04. The first kappa shape index (κ1) is 13.5. The lowest BCUT2D eigenvalue weighted by Crippen LogP contribution is -2.35. The number of pyridine rings is 1. The summed E-state index contributed by atoms with van der Waals surface area (Å²) in [5.74, 6) is 0.499. The van der Waals surface area contributed by atoms with Crippen LogP contribution >= 0.6 is 0 Å². The Kier molecular flexibility index (Phi) is 3.80. The largest absolute Gasteiger partial charge is 0.404 e. The number of nitrogens with zero attached hydrogens (tertiary/aromatic N) is 4. The van der Waals surface area contributed by atoms with Gasteiger partial charge in [0.05, 0.1) is 5.69 Å². The second-order valence-corrected chi connectivity index (χ2v) is 5.37. The first-order valence-corrected chi connectivity index (χ1v) is 6.17. The van der Waals surface area contributed by atoms with Gasteiger partial charge in [-0.1, -0.05) is 6.07 Å². The zero-order valence-corrected chi connectivity index (χ0v) is 11.7. The zero-order chi connectivity index (χ0) is 13.9. The molecule has 6 nitrogen and oxygen atoms in total. The molecule has 0 saturated heterocycles. The van der Waals surface area contributed by atoms with Crippen LogP contribution in [0.25, 0.3) is 0 Å². The van der Waals surface area contributed by atoms with Gasteiger partial charge in [-0.15, -0.1) is 5.10 Å². The Balaban J connectivity index is 2.02. The summed E-state index contributed by atoms with van der Waals surface area (Å²) in [6, 6.07) is 5.95. The summed E-state index contributed by atoms with van der Waals surface area (Å²) >= 11 is 0. The molecule has 2 heterocycles. The topological polar surface area (TPSA) is 64.9 Å². The predicted molar refractivity (Wildman–Crippen MR) is 71.9 cm³/mol. The van der Waals surface area contributed by atoms with Crippen molar-refractivity contribution in [1.29, 1.82) is 0 Å². The van der Waals surface area contributed by atoms with Crippen LogP contribution in [0.1, 0.15) is 26.5 Å². The lowest BCUT2D eigenvalue weighted by Gasteiger charge is -2.20. The third kappa shape index (κ3) is 4.33. The number of rotatable bonds is 4. The lowest BCUT2D eigenvalue weighted by molar-refractivity contribution is 0.406. The fraction of sp³-hybridized carbons (Fsp3) is 0.462. The fourth-order valence-electron chi connectivity index (χ4n) is 1.43. The predicted octanol–water partition coefficient (Wildman–Crippen LogP) is 1.89. The van der Waals surface area contributed by atoms with Gasteiger partial charge in [-0.05, 0) is 26.8 Å². The molecule has 0 spiro atoms.